The van der Waals surface area contributed by atoms with Crippen LogP contribution in [0.4, 0.5) is 5.95 Å². The molecule has 6 heteroatoms. The van der Waals surface area contributed by atoms with E-state index in [1.165, 1.54) is 7.11 Å². The summed E-state index contributed by atoms with van der Waals surface area (Å²) in [4.78, 5) is 22.7. The Bertz CT molecular complexity index is 458. The Hall–Kier alpha value is -1.69. The largest absolute Gasteiger partial charge is 0.464 e. The molecule has 0 aliphatic carbocycles. The number of nitrogens with zero attached hydrogens (tertiary/aromatic N) is 3. The maximum absolute atomic E-state index is 11.8. The van der Waals surface area contributed by atoms with Gasteiger partial charge in [0.05, 0.1) is 12.8 Å². The summed E-state index contributed by atoms with van der Waals surface area (Å²) in [5, 5.41) is 3.18. The van der Waals surface area contributed by atoms with E-state index in [0.717, 1.165) is 24.3 Å². The topological polar surface area (TPSA) is 67.4 Å². The second kappa shape index (κ2) is 5.30. The van der Waals surface area contributed by atoms with Crippen molar-refractivity contribution in [3.8, 4) is 0 Å². The van der Waals surface area contributed by atoms with Crippen LogP contribution in [-0.4, -0.2) is 36.1 Å². The highest BCUT2D eigenvalue weighted by Crippen LogP contribution is 2.21. The van der Waals surface area contributed by atoms with Crippen molar-refractivity contribution in [2.45, 2.75) is 26.9 Å². The maximum Gasteiger partial charge on any atom is 0.357 e. The molecule has 6 nitrogen and oxygen atoms in total. The predicted octanol–water partition coefficient (Wildman–Crippen LogP) is 0.713. The molecule has 0 unspecified atom stereocenters. The molecule has 0 saturated carbocycles. The van der Waals surface area contributed by atoms with E-state index in [2.05, 4.69) is 15.3 Å². The third-order valence-electron chi connectivity index (χ3n) is 3.10. The number of methoxy groups -OCH3 is 1. The lowest BCUT2D eigenvalue weighted by atomic mass is 10.2. The van der Waals surface area contributed by atoms with E-state index in [1.54, 1.807) is 0 Å². The van der Waals surface area contributed by atoms with E-state index < -0.39 is 5.97 Å². The Morgan fingerprint density at radius 2 is 2.06 bits per heavy atom. The lowest BCUT2D eigenvalue weighted by molar-refractivity contribution is 0.0592. The van der Waals surface area contributed by atoms with Crippen molar-refractivity contribution in [2.24, 2.45) is 0 Å². The van der Waals surface area contributed by atoms with Crippen molar-refractivity contribution in [2.75, 3.05) is 25.1 Å². The van der Waals surface area contributed by atoms with Crippen LogP contribution in [0.15, 0.2) is 0 Å². The summed E-state index contributed by atoms with van der Waals surface area (Å²) in [5.74, 6) is 0.202. The lowest BCUT2D eigenvalue weighted by Gasteiger charge is -2.19. The van der Waals surface area contributed by atoms with Gasteiger partial charge >= 0.3 is 5.97 Å². The number of carbonyl (C=O) groups is 1. The lowest BCUT2D eigenvalue weighted by Crippen LogP contribution is -2.26. The molecule has 2 heterocycles. The summed E-state index contributed by atoms with van der Waals surface area (Å²) >= 11 is 0. The standard InChI is InChI=1S/C12H18N4O2/c1-4-16(5-2)12-14-9-7-13-6-8(9)10(15-12)11(17)18-3/h13H,4-7H2,1-3H3. The molecule has 1 aromatic heterocycles. The zero-order valence-corrected chi connectivity index (χ0v) is 11.0. The van der Waals surface area contributed by atoms with Crippen molar-refractivity contribution < 1.29 is 9.53 Å². The molecule has 18 heavy (non-hydrogen) atoms. The van der Waals surface area contributed by atoms with Gasteiger partial charge in [-0.3, -0.25) is 0 Å². The van der Waals surface area contributed by atoms with Gasteiger partial charge in [0.15, 0.2) is 5.69 Å². The fraction of sp³-hybridized carbons (Fsp3) is 0.583. The number of hydrogen-bond acceptors (Lipinski definition) is 6. The van der Waals surface area contributed by atoms with E-state index in [0.29, 0.717) is 24.7 Å². The number of carbonyl (C=O) groups excluding carboxylic acids is 1. The summed E-state index contributed by atoms with van der Waals surface area (Å²) in [6.45, 7) is 6.99. The Balaban J connectivity index is 2.48. The number of anilines is 1. The van der Waals surface area contributed by atoms with E-state index in [4.69, 9.17) is 4.74 Å². The first-order valence-electron chi connectivity index (χ1n) is 6.15. The van der Waals surface area contributed by atoms with E-state index in [-0.39, 0.29) is 0 Å². The number of nitrogens with one attached hydrogen (secondary N) is 1. The predicted molar refractivity (Wildman–Crippen MR) is 67.5 cm³/mol. The molecule has 0 spiro atoms. The van der Waals surface area contributed by atoms with Crippen molar-refractivity contribution in [1.29, 1.82) is 0 Å². The Morgan fingerprint density at radius 3 is 2.67 bits per heavy atom. The van der Waals surface area contributed by atoms with Gasteiger partial charge in [-0.05, 0) is 13.8 Å². The van der Waals surface area contributed by atoms with Crippen LogP contribution in [0.2, 0.25) is 0 Å². The van der Waals surface area contributed by atoms with Gasteiger partial charge in [0.25, 0.3) is 0 Å². The zero-order chi connectivity index (χ0) is 13.1. The van der Waals surface area contributed by atoms with Gasteiger partial charge in [-0.2, -0.15) is 0 Å². The van der Waals surface area contributed by atoms with Gasteiger partial charge in [-0.1, -0.05) is 0 Å². The molecular weight excluding hydrogens is 232 g/mol. The van der Waals surface area contributed by atoms with Crippen LogP contribution >= 0.6 is 0 Å². The zero-order valence-electron chi connectivity index (χ0n) is 11.0. The smallest absolute Gasteiger partial charge is 0.357 e. The third kappa shape index (κ3) is 2.15. The first-order valence-corrected chi connectivity index (χ1v) is 6.15. The van der Waals surface area contributed by atoms with Gasteiger partial charge in [-0.25, -0.2) is 14.8 Å². The molecule has 0 bridgehead atoms. The number of esters is 1. The summed E-state index contributed by atoms with van der Waals surface area (Å²) in [6, 6.07) is 0. The van der Waals surface area contributed by atoms with Crippen LogP contribution < -0.4 is 10.2 Å². The van der Waals surface area contributed by atoms with Gasteiger partial charge in [0, 0.05) is 31.7 Å². The van der Waals surface area contributed by atoms with Crippen LogP contribution in [0.3, 0.4) is 0 Å². The summed E-state index contributed by atoms with van der Waals surface area (Å²) in [6.07, 6.45) is 0. The average Bonchev–Trinajstić information content (AvgIpc) is 2.86. The number of ether oxygens (including phenoxy) is 1. The first-order chi connectivity index (χ1) is 8.71. The molecule has 1 aromatic rings. The van der Waals surface area contributed by atoms with Gasteiger partial charge in [0.2, 0.25) is 5.95 Å². The van der Waals surface area contributed by atoms with Crippen molar-refractivity contribution in [3.05, 3.63) is 17.0 Å². The minimum absolute atomic E-state index is 0.384. The SMILES string of the molecule is CCN(CC)c1nc2c(c(C(=O)OC)n1)CNC2. The van der Waals surface area contributed by atoms with Crippen molar-refractivity contribution >= 4 is 11.9 Å². The fourth-order valence-corrected chi connectivity index (χ4v) is 2.07. The molecule has 0 aromatic carbocycles. The van der Waals surface area contributed by atoms with Crippen LogP contribution in [0.1, 0.15) is 35.6 Å². The highest BCUT2D eigenvalue weighted by molar-refractivity contribution is 5.89. The molecule has 0 radical (unpaired) electrons. The number of rotatable bonds is 4. The molecular formula is C12H18N4O2. The summed E-state index contributed by atoms with van der Waals surface area (Å²) in [5.41, 5.74) is 2.14. The number of hydrogen-bond donors (Lipinski definition) is 1. The van der Waals surface area contributed by atoms with Crippen LogP contribution in [0, 0.1) is 0 Å². The van der Waals surface area contributed by atoms with Gasteiger partial charge in [0.1, 0.15) is 0 Å². The van der Waals surface area contributed by atoms with Gasteiger partial charge < -0.3 is 15.0 Å². The molecule has 1 aliphatic heterocycles. The second-order valence-corrected chi connectivity index (χ2v) is 4.06. The maximum atomic E-state index is 11.8. The second-order valence-electron chi connectivity index (χ2n) is 4.06. The normalized spacial score (nSPS) is 13.3. The summed E-state index contributed by atoms with van der Waals surface area (Å²) in [7, 11) is 1.37. The number of aromatic nitrogens is 2. The Kier molecular flexibility index (Phi) is 3.76. The molecule has 0 amide bonds. The first kappa shape index (κ1) is 12.8. The van der Waals surface area contributed by atoms with Crippen LogP contribution in [-0.2, 0) is 17.8 Å². The quantitative estimate of drug-likeness (QED) is 0.794. The van der Waals surface area contributed by atoms with Crippen LogP contribution in [0.5, 0.6) is 0 Å². The Labute approximate surface area is 106 Å². The van der Waals surface area contributed by atoms with Crippen LogP contribution in [0.25, 0.3) is 0 Å². The minimum atomic E-state index is -0.397. The monoisotopic (exact) mass is 250 g/mol. The Morgan fingerprint density at radius 1 is 1.33 bits per heavy atom. The van der Waals surface area contributed by atoms with Crippen molar-refractivity contribution in [3.63, 3.8) is 0 Å². The van der Waals surface area contributed by atoms with Gasteiger partial charge in [-0.15, -0.1) is 0 Å². The van der Waals surface area contributed by atoms with Crippen molar-refractivity contribution in [1.82, 2.24) is 15.3 Å². The van der Waals surface area contributed by atoms with E-state index >= 15 is 0 Å². The molecule has 98 valence electrons. The van der Waals surface area contributed by atoms with E-state index in [9.17, 15) is 4.79 Å². The molecule has 0 fully saturated rings. The molecule has 0 atom stereocenters. The molecule has 1 N–H and O–H groups in total. The minimum Gasteiger partial charge on any atom is -0.464 e. The highest BCUT2D eigenvalue weighted by Gasteiger charge is 2.24. The molecule has 2 rings (SSSR count). The highest BCUT2D eigenvalue weighted by atomic mass is 16.5. The summed E-state index contributed by atoms with van der Waals surface area (Å²) < 4.78 is 4.79. The fourth-order valence-electron chi connectivity index (χ4n) is 2.07. The molecule has 1 aliphatic rings. The third-order valence-corrected chi connectivity index (χ3v) is 3.10. The van der Waals surface area contributed by atoms with E-state index in [1.807, 2.05) is 18.7 Å². The molecule has 0 saturated heterocycles. The number of fused-ring (bicyclic) bond motifs is 1. The average molecular weight is 250 g/mol.